The molecular formula is C8H15NO. The van der Waals surface area contributed by atoms with Crippen LogP contribution < -0.4 is 0 Å². The molecule has 0 aromatic rings. The maximum Gasteiger partial charge on any atom is 0.123 e. The van der Waals surface area contributed by atoms with Crippen molar-refractivity contribution in [3.05, 3.63) is 0 Å². The molecule has 1 rings (SSSR count). The van der Waals surface area contributed by atoms with Gasteiger partial charge in [0.2, 0.25) is 0 Å². The fourth-order valence-corrected chi connectivity index (χ4v) is 1.41. The van der Waals surface area contributed by atoms with E-state index in [1.807, 2.05) is 0 Å². The molecule has 2 nitrogen and oxygen atoms in total. The number of nitrogens with zero attached hydrogens (tertiary/aromatic N) is 1. The van der Waals surface area contributed by atoms with Crippen LogP contribution >= 0.6 is 0 Å². The molecule has 1 aliphatic heterocycles. The molecule has 0 unspecified atom stereocenters. The van der Waals surface area contributed by atoms with Crippen molar-refractivity contribution in [1.82, 2.24) is 4.90 Å². The van der Waals surface area contributed by atoms with Crippen molar-refractivity contribution in [2.45, 2.75) is 19.8 Å². The third kappa shape index (κ3) is 1.81. The third-order valence-corrected chi connectivity index (χ3v) is 2.27. The highest BCUT2D eigenvalue weighted by Crippen LogP contribution is 2.13. The lowest BCUT2D eigenvalue weighted by molar-refractivity contribution is -0.112. The SMILES string of the molecule is CCN1CCC(C=O)CC1. The number of rotatable bonds is 2. The van der Waals surface area contributed by atoms with Crippen LogP contribution in [0.4, 0.5) is 0 Å². The number of aldehydes is 1. The smallest absolute Gasteiger partial charge is 0.123 e. The highest BCUT2D eigenvalue weighted by atomic mass is 16.1. The summed E-state index contributed by atoms with van der Waals surface area (Å²) in [5, 5.41) is 0. The Morgan fingerprint density at radius 1 is 1.50 bits per heavy atom. The largest absolute Gasteiger partial charge is 0.304 e. The minimum atomic E-state index is 0.350. The van der Waals surface area contributed by atoms with Crippen molar-refractivity contribution in [3.8, 4) is 0 Å². The Kier molecular flexibility index (Phi) is 2.87. The molecule has 1 saturated heterocycles. The Morgan fingerprint density at radius 2 is 2.10 bits per heavy atom. The first-order valence-electron chi connectivity index (χ1n) is 4.04. The van der Waals surface area contributed by atoms with E-state index >= 15 is 0 Å². The third-order valence-electron chi connectivity index (χ3n) is 2.27. The predicted octanol–water partition coefficient (Wildman–Crippen LogP) is 0.917. The molecule has 0 aromatic carbocycles. The number of carbonyl (C=O) groups excluding carboxylic acids is 1. The van der Waals surface area contributed by atoms with E-state index in [0.717, 1.165) is 38.8 Å². The molecular weight excluding hydrogens is 126 g/mol. The van der Waals surface area contributed by atoms with Gasteiger partial charge in [0.25, 0.3) is 0 Å². The molecule has 0 saturated carbocycles. The van der Waals surface area contributed by atoms with Crippen LogP contribution in [0.5, 0.6) is 0 Å². The molecule has 0 spiro atoms. The van der Waals surface area contributed by atoms with Crippen molar-refractivity contribution < 1.29 is 4.79 Å². The molecule has 1 aliphatic rings. The van der Waals surface area contributed by atoms with E-state index in [1.54, 1.807) is 0 Å². The second kappa shape index (κ2) is 3.71. The number of carbonyl (C=O) groups is 1. The van der Waals surface area contributed by atoms with Crippen LogP contribution in [0.15, 0.2) is 0 Å². The monoisotopic (exact) mass is 141 g/mol. The van der Waals surface area contributed by atoms with Crippen LogP contribution in [-0.4, -0.2) is 30.8 Å². The van der Waals surface area contributed by atoms with Crippen LogP contribution in [0.25, 0.3) is 0 Å². The Bertz CT molecular complexity index is 106. The molecule has 1 heterocycles. The number of likely N-dealkylation sites (tertiary alicyclic amines) is 1. The normalized spacial score (nSPS) is 22.9. The zero-order chi connectivity index (χ0) is 7.40. The Hall–Kier alpha value is -0.370. The highest BCUT2D eigenvalue weighted by molar-refractivity contribution is 5.53. The average Bonchev–Trinajstić information content (AvgIpc) is 2.05. The van der Waals surface area contributed by atoms with Crippen LogP contribution in [0, 0.1) is 5.92 Å². The summed E-state index contributed by atoms with van der Waals surface area (Å²) in [5.74, 6) is 0.350. The van der Waals surface area contributed by atoms with Gasteiger partial charge in [-0.1, -0.05) is 6.92 Å². The minimum Gasteiger partial charge on any atom is -0.304 e. The van der Waals surface area contributed by atoms with Gasteiger partial charge in [-0.05, 0) is 32.5 Å². The number of hydrogen-bond donors (Lipinski definition) is 0. The van der Waals surface area contributed by atoms with Gasteiger partial charge in [0.15, 0.2) is 0 Å². The molecule has 0 aromatic heterocycles. The van der Waals surface area contributed by atoms with Gasteiger partial charge in [0.05, 0.1) is 0 Å². The van der Waals surface area contributed by atoms with E-state index in [1.165, 1.54) is 0 Å². The summed E-state index contributed by atoms with van der Waals surface area (Å²) in [6.07, 6.45) is 3.24. The van der Waals surface area contributed by atoms with Gasteiger partial charge in [-0.25, -0.2) is 0 Å². The number of piperidine rings is 1. The van der Waals surface area contributed by atoms with Crippen molar-refractivity contribution in [2.24, 2.45) is 5.92 Å². The van der Waals surface area contributed by atoms with Crippen LogP contribution in [0.2, 0.25) is 0 Å². The maximum atomic E-state index is 10.3. The van der Waals surface area contributed by atoms with Gasteiger partial charge in [-0.3, -0.25) is 0 Å². The topological polar surface area (TPSA) is 20.3 Å². The second-order valence-corrected chi connectivity index (χ2v) is 2.91. The summed E-state index contributed by atoms with van der Waals surface area (Å²) >= 11 is 0. The fourth-order valence-electron chi connectivity index (χ4n) is 1.41. The lowest BCUT2D eigenvalue weighted by atomic mass is 9.99. The van der Waals surface area contributed by atoms with Gasteiger partial charge >= 0.3 is 0 Å². The molecule has 0 amide bonds. The van der Waals surface area contributed by atoms with E-state index in [9.17, 15) is 4.79 Å². The summed E-state index contributed by atoms with van der Waals surface area (Å²) in [6.45, 7) is 5.52. The molecule has 58 valence electrons. The van der Waals surface area contributed by atoms with E-state index in [2.05, 4.69) is 11.8 Å². The lowest BCUT2D eigenvalue weighted by Gasteiger charge is -2.27. The Morgan fingerprint density at radius 3 is 2.50 bits per heavy atom. The van der Waals surface area contributed by atoms with Gasteiger partial charge in [-0.2, -0.15) is 0 Å². The van der Waals surface area contributed by atoms with E-state index < -0.39 is 0 Å². The fraction of sp³-hybridized carbons (Fsp3) is 0.875. The van der Waals surface area contributed by atoms with Crippen molar-refractivity contribution >= 4 is 6.29 Å². The maximum absolute atomic E-state index is 10.3. The van der Waals surface area contributed by atoms with Gasteiger partial charge in [0.1, 0.15) is 6.29 Å². The van der Waals surface area contributed by atoms with E-state index in [-0.39, 0.29) is 0 Å². The van der Waals surface area contributed by atoms with Crippen LogP contribution in [-0.2, 0) is 4.79 Å². The standard InChI is InChI=1S/C8H15NO/c1-2-9-5-3-8(7-10)4-6-9/h7-8H,2-6H2,1H3. The highest BCUT2D eigenvalue weighted by Gasteiger charge is 2.16. The quantitative estimate of drug-likeness (QED) is 0.533. The zero-order valence-corrected chi connectivity index (χ0v) is 6.55. The predicted molar refractivity (Wildman–Crippen MR) is 40.9 cm³/mol. The molecule has 1 fully saturated rings. The van der Waals surface area contributed by atoms with Gasteiger partial charge in [0, 0.05) is 5.92 Å². The molecule has 2 heteroatoms. The summed E-state index contributed by atoms with van der Waals surface area (Å²) < 4.78 is 0. The van der Waals surface area contributed by atoms with Crippen molar-refractivity contribution in [1.29, 1.82) is 0 Å². The summed E-state index contributed by atoms with van der Waals surface area (Å²) in [5.41, 5.74) is 0. The van der Waals surface area contributed by atoms with Crippen molar-refractivity contribution in [2.75, 3.05) is 19.6 Å². The van der Waals surface area contributed by atoms with E-state index in [4.69, 9.17) is 0 Å². The molecule has 0 N–H and O–H groups in total. The molecule has 0 radical (unpaired) electrons. The Labute approximate surface area is 62.2 Å². The van der Waals surface area contributed by atoms with Crippen LogP contribution in [0.1, 0.15) is 19.8 Å². The molecule has 0 aliphatic carbocycles. The van der Waals surface area contributed by atoms with Gasteiger partial charge < -0.3 is 9.69 Å². The molecule has 0 atom stereocenters. The van der Waals surface area contributed by atoms with E-state index in [0.29, 0.717) is 5.92 Å². The summed E-state index contributed by atoms with van der Waals surface area (Å²) in [6, 6.07) is 0. The molecule has 0 bridgehead atoms. The lowest BCUT2D eigenvalue weighted by Crippen LogP contribution is -2.33. The minimum absolute atomic E-state index is 0.350. The summed E-state index contributed by atoms with van der Waals surface area (Å²) in [4.78, 5) is 12.7. The number of hydrogen-bond acceptors (Lipinski definition) is 2. The van der Waals surface area contributed by atoms with Crippen LogP contribution in [0.3, 0.4) is 0 Å². The Balaban J connectivity index is 2.23. The summed E-state index contributed by atoms with van der Waals surface area (Å²) in [7, 11) is 0. The second-order valence-electron chi connectivity index (χ2n) is 2.91. The first kappa shape index (κ1) is 7.73. The van der Waals surface area contributed by atoms with Crippen molar-refractivity contribution in [3.63, 3.8) is 0 Å². The molecule has 10 heavy (non-hydrogen) atoms. The van der Waals surface area contributed by atoms with Gasteiger partial charge in [-0.15, -0.1) is 0 Å². The zero-order valence-electron chi connectivity index (χ0n) is 6.55. The average molecular weight is 141 g/mol. The first-order chi connectivity index (χ1) is 4.86. The first-order valence-corrected chi connectivity index (χ1v) is 4.04.